The first-order valence-corrected chi connectivity index (χ1v) is 12.9. The zero-order valence-electron chi connectivity index (χ0n) is 18.3. The molecule has 4 aromatic rings. The Bertz CT molecular complexity index is 1470. The lowest BCUT2D eigenvalue weighted by Crippen LogP contribution is -2.36. The van der Waals surface area contributed by atoms with Crippen LogP contribution in [0.2, 0.25) is 0 Å². The van der Waals surface area contributed by atoms with Crippen molar-refractivity contribution in [2.45, 2.75) is 17.9 Å². The molecule has 0 fully saturated rings. The smallest absolute Gasteiger partial charge is 0.269 e. The van der Waals surface area contributed by atoms with Crippen molar-refractivity contribution in [1.82, 2.24) is 14.7 Å². The molecule has 0 unspecified atom stereocenters. The van der Waals surface area contributed by atoms with E-state index in [0.717, 1.165) is 21.5 Å². The number of hydrogen-bond donors (Lipinski definition) is 2. The fraction of sp³-hybridized carbons (Fsp3) is 0.167. The number of benzene rings is 3. The van der Waals surface area contributed by atoms with Crippen molar-refractivity contribution in [1.29, 1.82) is 0 Å². The van der Waals surface area contributed by atoms with E-state index in [-0.39, 0.29) is 4.90 Å². The fourth-order valence-corrected chi connectivity index (χ4v) is 6.14. The largest absolute Gasteiger partial charge is 0.497 e. The Kier molecular flexibility index (Phi) is 5.94. The van der Waals surface area contributed by atoms with Gasteiger partial charge in [0.1, 0.15) is 5.75 Å². The van der Waals surface area contributed by atoms with Crippen LogP contribution in [0.15, 0.2) is 71.6 Å². The first-order chi connectivity index (χ1) is 16.4. The highest BCUT2D eigenvalue weighted by atomic mass is 32.2. The van der Waals surface area contributed by atoms with E-state index in [1.165, 1.54) is 45.5 Å². The number of fused-ring (bicyclic) bond motifs is 2. The van der Waals surface area contributed by atoms with Crippen LogP contribution in [-0.4, -0.2) is 37.3 Å². The summed E-state index contributed by atoms with van der Waals surface area (Å²) in [5.74, 6) is 0.336. The van der Waals surface area contributed by atoms with Crippen molar-refractivity contribution in [3.05, 3.63) is 83.4 Å². The number of rotatable bonds is 6. The number of sulfonamides is 1. The normalized spacial score (nSPS) is 13.9. The van der Waals surface area contributed by atoms with Gasteiger partial charge in [0.2, 0.25) is 15.2 Å². The summed E-state index contributed by atoms with van der Waals surface area (Å²) in [6.07, 6.45) is 0.681. The number of carbonyl (C=O) groups is 1. The molecule has 0 radical (unpaired) electrons. The van der Waals surface area contributed by atoms with Gasteiger partial charge in [0.25, 0.3) is 5.91 Å². The van der Waals surface area contributed by atoms with Crippen molar-refractivity contribution >= 4 is 42.6 Å². The average molecular weight is 495 g/mol. The van der Waals surface area contributed by atoms with Crippen LogP contribution < -0.4 is 15.6 Å². The molecule has 1 aliphatic heterocycles. The molecule has 8 nitrogen and oxygen atoms in total. The zero-order valence-corrected chi connectivity index (χ0v) is 19.9. The summed E-state index contributed by atoms with van der Waals surface area (Å²) >= 11 is 1.38. The number of nitrogens with zero attached hydrogens (tertiary/aromatic N) is 2. The highest BCUT2D eigenvalue weighted by molar-refractivity contribution is 7.89. The highest BCUT2D eigenvalue weighted by Crippen LogP contribution is 2.29. The van der Waals surface area contributed by atoms with Gasteiger partial charge in [0.15, 0.2) is 0 Å². The Hall–Kier alpha value is -3.47. The Morgan fingerprint density at radius 3 is 2.59 bits per heavy atom. The molecular formula is C24H22N4O4S2. The Morgan fingerprint density at radius 2 is 1.82 bits per heavy atom. The molecule has 1 aliphatic rings. The molecule has 0 saturated heterocycles. The van der Waals surface area contributed by atoms with Crippen molar-refractivity contribution in [3.8, 4) is 5.75 Å². The van der Waals surface area contributed by atoms with Crippen LogP contribution in [0.5, 0.6) is 5.75 Å². The van der Waals surface area contributed by atoms with Crippen molar-refractivity contribution < 1.29 is 17.9 Å². The molecule has 2 heterocycles. The number of anilines is 1. The SMILES string of the molecule is COc1ccc2nc(NNC(=O)c3ccc(S(=O)(=O)N4CCc5ccccc5C4)cc3)sc2c1. The topological polar surface area (TPSA) is 101 Å². The number of methoxy groups -OCH3 is 1. The second-order valence-electron chi connectivity index (χ2n) is 7.81. The minimum atomic E-state index is -3.66. The number of hydrogen-bond acceptors (Lipinski definition) is 7. The molecule has 10 heteroatoms. The van der Waals surface area contributed by atoms with E-state index in [2.05, 4.69) is 15.8 Å². The number of nitrogens with one attached hydrogen (secondary N) is 2. The van der Waals surface area contributed by atoms with Gasteiger partial charge < -0.3 is 4.74 Å². The molecule has 174 valence electrons. The van der Waals surface area contributed by atoms with Gasteiger partial charge in [-0.05, 0) is 60.0 Å². The second kappa shape index (κ2) is 9.05. The Balaban J connectivity index is 1.25. The summed E-state index contributed by atoms with van der Waals surface area (Å²) in [7, 11) is -2.05. The number of carbonyl (C=O) groups excluding carboxylic acids is 1. The van der Waals surface area contributed by atoms with E-state index in [0.29, 0.717) is 30.2 Å². The number of aromatic nitrogens is 1. The summed E-state index contributed by atoms with van der Waals surface area (Å²) < 4.78 is 33.9. The Labute approximate surface area is 201 Å². The highest BCUT2D eigenvalue weighted by Gasteiger charge is 2.28. The second-order valence-corrected chi connectivity index (χ2v) is 10.8. The number of hydrazine groups is 1. The van der Waals surface area contributed by atoms with Crippen molar-refractivity contribution in [2.75, 3.05) is 19.1 Å². The molecule has 0 spiro atoms. The maximum Gasteiger partial charge on any atom is 0.269 e. The lowest BCUT2D eigenvalue weighted by atomic mass is 10.0. The van der Waals surface area contributed by atoms with Gasteiger partial charge in [-0.3, -0.25) is 15.6 Å². The standard InChI is InChI=1S/C24H22N4O4S2/c1-32-19-8-11-21-22(14-19)33-24(25-21)27-26-23(29)17-6-9-20(10-7-17)34(30,31)28-13-12-16-4-2-3-5-18(16)15-28/h2-11,14H,12-13,15H2,1H3,(H,25,27)(H,26,29). The third-order valence-electron chi connectivity index (χ3n) is 5.73. The van der Waals surface area contributed by atoms with Crippen LogP contribution in [0, 0.1) is 0 Å². The first kappa shape index (κ1) is 22.3. The van der Waals surface area contributed by atoms with Gasteiger partial charge >= 0.3 is 0 Å². The first-order valence-electron chi connectivity index (χ1n) is 10.6. The lowest BCUT2D eigenvalue weighted by molar-refractivity contribution is 0.0962. The fourth-order valence-electron chi connectivity index (χ4n) is 3.87. The predicted molar refractivity (Wildman–Crippen MR) is 131 cm³/mol. The molecule has 0 atom stereocenters. The summed E-state index contributed by atoms with van der Waals surface area (Å²) in [5.41, 5.74) is 8.74. The van der Waals surface area contributed by atoms with Gasteiger partial charge in [0.05, 0.1) is 22.2 Å². The third-order valence-corrected chi connectivity index (χ3v) is 8.52. The van der Waals surface area contributed by atoms with Crippen LogP contribution in [0.25, 0.3) is 10.2 Å². The predicted octanol–water partition coefficient (Wildman–Crippen LogP) is 3.81. The van der Waals surface area contributed by atoms with Crippen molar-refractivity contribution in [3.63, 3.8) is 0 Å². The third kappa shape index (κ3) is 4.35. The lowest BCUT2D eigenvalue weighted by Gasteiger charge is -2.28. The summed E-state index contributed by atoms with van der Waals surface area (Å²) in [4.78, 5) is 17.1. The van der Waals surface area contributed by atoms with Gasteiger partial charge in [-0.1, -0.05) is 35.6 Å². The van der Waals surface area contributed by atoms with E-state index in [4.69, 9.17) is 4.74 Å². The van der Waals surface area contributed by atoms with Crippen LogP contribution in [0.3, 0.4) is 0 Å². The quantitative estimate of drug-likeness (QED) is 0.396. The molecule has 0 aliphatic carbocycles. The van der Waals surface area contributed by atoms with Crippen LogP contribution in [0.4, 0.5) is 5.13 Å². The Morgan fingerprint density at radius 1 is 1.06 bits per heavy atom. The molecule has 2 N–H and O–H groups in total. The number of thiazole rings is 1. The van der Waals surface area contributed by atoms with Crippen LogP contribution >= 0.6 is 11.3 Å². The molecule has 0 saturated carbocycles. The van der Waals surface area contributed by atoms with Crippen LogP contribution in [-0.2, 0) is 23.0 Å². The van der Waals surface area contributed by atoms with Crippen molar-refractivity contribution in [2.24, 2.45) is 0 Å². The molecule has 34 heavy (non-hydrogen) atoms. The molecule has 1 aromatic heterocycles. The van der Waals surface area contributed by atoms with Crippen LogP contribution in [0.1, 0.15) is 21.5 Å². The van der Waals surface area contributed by atoms with Gasteiger partial charge in [-0.25, -0.2) is 13.4 Å². The molecule has 3 aromatic carbocycles. The van der Waals surface area contributed by atoms with Gasteiger partial charge in [-0.15, -0.1) is 0 Å². The monoisotopic (exact) mass is 494 g/mol. The maximum atomic E-state index is 13.1. The molecule has 0 bridgehead atoms. The van der Waals surface area contributed by atoms with E-state index >= 15 is 0 Å². The molecule has 1 amide bonds. The number of ether oxygens (including phenoxy) is 1. The zero-order chi connectivity index (χ0) is 23.7. The number of amides is 1. The minimum absolute atomic E-state index is 0.163. The van der Waals surface area contributed by atoms with E-state index in [1.807, 2.05) is 42.5 Å². The molecular weight excluding hydrogens is 472 g/mol. The van der Waals surface area contributed by atoms with E-state index in [9.17, 15) is 13.2 Å². The van der Waals surface area contributed by atoms with E-state index in [1.54, 1.807) is 7.11 Å². The van der Waals surface area contributed by atoms with E-state index < -0.39 is 15.9 Å². The summed E-state index contributed by atoms with van der Waals surface area (Å²) in [6.45, 7) is 0.776. The summed E-state index contributed by atoms with van der Waals surface area (Å²) in [6, 6.07) is 19.4. The molecule has 5 rings (SSSR count). The van der Waals surface area contributed by atoms with Gasteiger partial charge in [-0.2, -0.15) is 4.31 Å². The summed E-state index contributed by atoms with van der Waals surface area (Å²) in [5, 5.41) is 0.529. The average Bonchev–Trinajstić information content (AvgIpc) is 3.29. The minimum Gasteiger partial charge on any atom is -0.497 e. The maximum absolute atomic E-state index is 13.1. The van der Waals surface area contributed by atoms with Gasteiger partial charge in [0, 0.05) is 18.7 Å².